The van der Waals surface area contributed by atoms with Gasteiger partial charge in [0.1, 0.15) is 11.4 Å². The van der Waals surface area contributed by atoms with Crippen LogP contribution in [-0.2, 0) is 5.60 Å². The monoisotopic (exact) mass is 341 g/mol. The number of hydrogen-bond acceptors (Lipinski definition) is 5. The normalized spacial score (nSPS) is 18.1. The molecule has 0 atom stereocenters. The predicted molar refractivity (Wildman–Crippen MR) is 73.4 cm³/mol. The largest absolute Gasteiger partial charge is 0.380 e. The SMILES string of the molecule is OC1(c2nc(-c3ccc(F)cc3Br)no2)CCNCC1. The molecular weight excluding hydrogens is 329 g/mol. The van der Waals surface area contributed by atoms with Gasteiger partial charge in [0.25, 0.3) is 5.89 Å². The highest BCUT2D eigenvalue weighted by atomic mass is 79.9. The first kappa shape index (κ1) is 13.7. The van der Waals surface area contributed by atoms with Crippen molar-refractivity contribution in [3.8, 4) is 11.4 Å². The van der Waals surface area contributed by atoms with Crippen LogP contribution in [0, 0.1) is 5.82 Å². The molecule has 2 aromatic rings. The van der Waals surface area contributed by atoms with Crippen molar-refractivity contribution in [2.75, 3.05) is 13.1 Å². The molecule has 7 heteroatoms. The van der Waals surface area contributed by atoms with E-state index in [0.29, 0.717) is 41.8 Å². The number of piperidine rings is 1. The van der Waals surface area contributed by atoms with E-state index in [4.69, 9.17) is 4.52 Å². The third kappa shape index (κ3) is 2.48. The maximum atomic E-state index is 13.1. The minimum absolute atomic E-state index is 0.213. The van der Waals surface area contributed by atoms with Crippen LogP contribution in [0.15, 0.2) is 27.2 Å². The molecule has 3 rings (SSSR count). The van der Waals surface area contributed by atoms with Gasteiger partial charge in [0.15, 0.2) is 0 Å². The number of nitrogens with zero attached hydrogens (tertiary/aromatic N) is 2. The van der Waals surface area contributed by atoms with Gasteiger partial charge in [-0.25, -0.2) is 4.39 Å². The topological polar surface area (TPSA) is 71.2 Å². The molecule has 1 fully saturated rings. The van der Waals surface area contributed by atoms with Crippen LogP contribution in [0.25, 0.3) is 11.4 Å². The van der Waals surface area contributed by atoms with Crippen molar-refractivity contribution in [2.24, 2.45) is 0 Å². The summed E-state index contributed by atoms with van der Waals surface area (Å²) in [6, 6.07) is 4.24. The van der Waals surface area contributed by atoms with E-state index in [9.17, 15) is 9.50 Å². The van der Waals surface area contributed by atoms with Crippen molar-refractivity contribution < 1.29 is 14.0 Å². The quantitative estimate of drug-likeness (QED) is 0.876. The Morgan fingerprint density at radius 1 is 1.35 bits per heavy atom. The van der Waals surface area contributed by atoms with E-state index in [1.165, 1.54) is 12.1 Å². The molecule has 106 valence electrons. The number of benzene rings is 1. The molecule has 0 unspecified atom stereocenters. The molecule has 1 aromatic carbocycles. The standard InChI is InChI=1S/C13H13BrFN3O2/c14-10-7-8(15)1-2-9(10)11-17-12(20-18-11)13(19)3-5-16-6-4-13/h1-2,7,16,19H,3-6H2. The van der Waals surface area contributed by atoms with E-state index >= 15 is 0 Å². The molecule has 1 aliphatic rings. The molecule has 5 nitrogen and oxygen atoms in total. The van der Waals surface area contributed by atoms with Gasteiger partial charge in [-0.2, -0.15) is 4.98 Å². The first-order valence-corrected chi connectivity index (χ1v) is 7.10. The van der Waals surface area contributed by atoms with E-state index in [1.807, 2.05) is 0 Å². The van der Waals surface area contributed by atoms with Crippen molar-refractivity contribution in [1.29, 1.82) is 0 Å². The van der Waals surface area contributed by atoms with Crippen LogP contribution in [-0.4, -0.2) is 28.3 Å². The first-order chi connectivity index (χ1) is 9.58. The maximum absolute atomic E-state index is 13.1. The maximum Gasteiger partial charge on any atom is 0.259 e. The summed E-state index contributed by atoms with van der Waals surface area (Å²) in [5.74, 6) is 0.199. The molecule has 0 radical (unpaired) electrons. The molecule has 0 spiro atoms. The van der Waals surface area contributed by atoms with Crippen molar-refractivity contribution in [3.63, 3.8) is 0 Å². The number of halogens is 2. The summed E-state index contributed by atoms with van der Waals surface area (Å²) >= 11 is 3.27. The molecule has 2 N–H and O–H groups in total. The van der Waals surface area contributed by atoms with Gasteiger partial charge in [-0.05, 0) is 60.1 Å². The van der Waals surface area contributed by atoms with Crippen molar-refractivity contribution in [2.45, 2.75) is 18.4 Å². The molecule has 1 aromatic heterocycles. The Hall–Kier alpha value is -1.31. The number of hydrogen-bond donors (Lipinski definition) is 2. The molecule has 0 amide bonds. The first-order valence-electron chi connectivity index (χ1n) is 6.31. The number of rotatable bonds is 2. The summed E-state index contributed by atoms with van der Waals surface area (Å²) in [7, 11) is 0. The smallest absolute Gasteiger partial charge is 0.259 e. The third-order valence-corrected chi connectivity index (χ3v) is 4.08. The Morgan fingerprint density at radius 2 is 2.10 bits per heavy atom. The van der Waals surface area contributed by atoms with E-state index in [0.717, 1.165) is 0 Å². The van der Waals surface area contributed by atoms with Crippen LogP contribution in [0.5, 0.6) is 0 Å². The Kier molecular flexibility index (Phi) is 3.57. The van der Waals surface area contributed by atoms with Crippen molar-refractivity contribution in [3.05, 3.63) is 34.4 Å². The lowest BCUT2D eigenvalue weighted by Crippen LogP contribution is -2.39. The molecule has 0 saturated carbocycles. The van der Waals surface area contributed by atoms with Crippen molar-refractivity contribution >= 4 is 15.9 Å². The fraction of sp³-hybridized carbons (Fsp3) is 0.385. The van der Waals surface area contributed by atoms with Crippen LogP contribution in [0.2, 0.25) is 0 Å². The predicted octanol–water partition coefficient (Wildman–Crippen LogP) is 2.21. The van der Waals surface area contributed by atoms with E-state index in [1.54, 1.807) is 6.07 Å². The average molecular weight is 342 g/mol. The summed E-state index contributed by atoms with van der Waals surface area (Å²) in [5, 5.41) is 17.6. The molecule has 1 aliphatic heterocycles. The lowest BCUT2D eigenvalue weighted by molar-refractivity contribution is -0.0228. The van der Waals surface area contributed by atoms with Crippen LogP contribution >= 0.6 is 15.9 Å². The second-order valence-electron chi connectivity index (χ2n) is 4.83. The van der Waals surface area contributed by atoms with Gasteiger partial charge < -0.3 is 14.9 Å². The Morgan fingerprint density at radius 3 is 2.80 bits per heavy atom. The van der Waals surface area contributed by atoms with Gasteiger partial charge in [-0.1, -0.05) is 5.16 Å². The third-order valence-electron chi connectivity index (χ3n) is 3.43. The fourth-order valence-electron chi connectivity index (χ4n) is 2.25. The Balaban J connectivity index is 1.93. The molecule has 20 heavy (non-hydrogen) atoms. The highest BCUT2D eigenvalue weighted by Gasteiger charge is 2.37. The molecule has 0 aliphatic carbocycles. The van der Waals surface area contributed by atoms with Crippen molar-refractivity contribution in [1.82, 2.24) is 15.5 Å². The second-order valence-corrected chi connectivity index (χ2v) is 5.68. The summed E-state index contributed by atoms with van der Waals surface area (Å²) in [6.07, 6.45) is 1.05. The fourth-order valence-corrected chi connectivity index (χ4v) is 2.78. The highest BCUT2D eigenvalue weighted by Crippen LogP contribution is 2.32. The van der Waals surface area contributed by atoms with Crippen LogP contribution in [0.1, 0.15) is 18.7 Å². The number of nitrogens with one attached hydrogen (secondary N) is 1. The van der Waals surface area contributed by atoms with E-state index in [-0.39, 0.29) is 11.7 Å². The number of aliphatic hydroxyl groups is 1. The molecule has 1 saturated heterocycles. The molecular formula is C13H13BrFN3O2. The minimum atomic E-state index is -1.08. The Labute approximate surface area is 123 Å². The second kappa shape index (κ2) is 5.23. The molecule has 0 bridgehead atoms. The van der Waals surface area contributed by atoms with Crippen LogP contribution < -0.4 is 5.32 Å². The zero-order valence-electron chi connectivity index (χ0n) is 10.6. The lowest BCUT2D eigenvalue weighted by Gasteiger charge is -2.28. The summed E-state index contributed by atoms with van der Waals surface area (Å²) < 4.78 is 18.8. The van der Waals surface area contributed by atoms with Gasteiger partial charge in [0.05, 0.1) is 0 Å². The summed E-state index contributed by atoms with van der Waals surface area (Å²) in [4.78, 5) is 4.26. The zero-order chi connectivity index (χ0) is 14.2. The van der Waals surface area contributed by atoms with E-state index < -0.39 is 5.60 Å². The molecule has 2 heterocycles. The summed E-state index contributed by atoms with van der Waals surface area (Å²) in [5.41, 5.74) is -0.456. The van der Waals surface area contributed by atoms with Gasteiger partial charge in [-0.3, -0.25) is 0 Å². The minimum Gasteiger partial charge on any atom is -0.380 e. The van der Waals surface area contributed by atoms with Gasteiger partial charge in [0.2, 0.25) is 5.82 Å². The average Bonchev–Trinajstić information content (AvgIpc) is 2.90. The summed E-state index contributed by atoms with van der Waals surface area (Å²) in [6.45, 7) is 1.41. The van der Waals surface area contributed by atoms with Gasteiger partial charge >= 0.3 is 0 Å². The van der Waals surface area contributed by atoms with Gasteiger partial charge in [-0.15, -0.1) is 0 Å². The lowest BCUT2D eigenvalue weighted by atomic mass is 9.92. The highest BCUT2D eigenvalue weighted by molar-refractivity contribution is 9.10. The van der Waals surface area contributed by atoms with Gasteiger partial charge in [0, 0.05) is 10.0 Å². The Bertz CT molecular complexity index is 626. The number of aromatic nitrogens is 2. The van der Waals surface area contributed by atoms with E-state index in [2.05, 4.69) is 31.4 Å². The van der Waals surface area contributed by atoms with Crippen LogP contribution in [0.4, 0.5) is 4.39 Å². The van der Waals surface area contributed by atoms with Crippen LogP contribution in [0.3, 0.4) is 0 Å². The zero-order valence-corrected chi connectivity index (χ0v) is 12.2.